The van der Waals surface area contributed by atoms with Crippen LogP contribution in [0.3, 0.4) is 0 Å². The van der Waals surface area contributed by atoms with Crippen LogP contribution in [-0.4, -0.2) is 238 Å². The summed E-state index contributed by atoms with van der Waals surface area (Å²) in [5, 5.41) is 46.9. The van der Waals surface area contributed by atoms with E-state index in [4.69, 9.17) is 17.2 Å². The molecule has 3 rings (SSSR count). The van der Waals surface area contributed by atoms with Gasteiger partial charge in [0.05, 0.1) is 32.4 Å². The second kappa shape index (κ2) is 45.9. The molecule has 2 aromatic rings. The number of phenols is 1. The molecule has 1 aliphatic rings. The molecule has 103 heavy (non-hydrogen) atoms. The topological polar surface area (TPSA) is 581 Å². The van der Waals surface area contributed by atoms with Crippen molar-refractivity contribution in [3.8, 4) is 5.75 Å². The standard InChI is InChI=1S/C62H98N20O17S4/c1-30(2)17-38-56(93)80-44(27-102)60(97)77-40(19-34-21-66-29-70-34)58(95)75-37(10-8-16-64)55(92)79-43(26-101)59(96)71-32(5)51(88)67-22-47(85)73-41(20-46(65)84)52(89)68-24-49(87)82-50(31(3)4)62(99)81-45(28-103)61(98)78-42(25-100)53(90)69-23-48(86)72-39(18-33-11-13-35(83)14-12-33)57(94)74-36(54(91)76-38)9-6-7-15-63/h11-14,21,29-32,36-45,50,83,100-103H,6-10,15-20,22-28,63-64H2,1-5H3,(H2,65,84)(H,66,70)(H,67,88)(H,68,89)(H,69,90)(H,71,96)(H,72,86)(H,73,85)(H,74,94)(H,75,95)(H,76,91)(H,77,97)(H,78,98)(H,79,92)(H,80,93)(H,81,99)(H,82,87)/t32-,36-,37-,38-,39-,40-,41-,42-,43-,44-,45-,50-/m0/s1. The van der Waals surface area contributed by atoms with Crippen molar-refractivity contribution in [2.45, 2.75) is 165 Å². The average molecular weight is 1520 g/mol. The minimum absolute atomic E-state index is 0.0244. The van der Waals surface area contributed by atoms with Crippen molar-refractivity contribution in [1.29, 1.82) is 0 Å². The number of thiol groups is 4. The summed E-state index contributed by atoms with van der Waals surface area (Å²) in [5.74, 6) is -17.9. The van der Waals surface area contributed by atoms with Crippen LogP contribution in [0.2, 0.25) is 0 Å². The molecule has 1 aromatic carbocycles. The number of phenolic OH excluding ortho intramolecular Hbond substituents is 1. The molecule has 0 unspecified atom stereocenters. The monoisotopic (exact) mass is 1520 g/mol. The van der Waals surface area contributed by atoms with Crippen molar-refractivity contribution in [2.75, 3.05) is 55.7 Å². The van der Waals surface area contributed by atoms with E-state index in [0.717, 1.165) is 0 Å². The van der Waals surface area contributed by atoms with Crippen LogP contribution in [0, 0.1) is 11.8 Å². The zero-order chi connectivity index (χ0) is 77.0. The predicted octanol–water partition coefficient (Wildman–Crippen LogP) is -7.74. The minimum atomic E-state index is -1.72. The summed E-state index contributed by atoms with van der Waals surface area (Å²) in [6.07, 6.45) is 1.98. The fourth-order valence-corrected chi connectivity index (χ4v) is 10.9. The Hall–Kier alpha value is -8.93. The van der Waals surface area contributed by atoms with Crippen molar-refractivity contribution >= 4 is 145 Å². The highest BCUT2D eigenvalue weighted by atomic mass is 32.1. The van der Waals surface area contributed by atoms with Gasteiger partial charge in [-0.1, -0.05) is 39.8 Å². The minimum Gasteiger partial charge on any atom is -0.508 e. The number of primary amides is 1. The van der Waals surface area contributed by atoms with Crippen LogP contribution in [0.15, 0.2) is 36.8 Å². The molecule has 1 aliphatic heterocycles. The summed E-state index contributed by atoms with van der Waals surface area (Å²) in [5.41, 5.74) is 17.7. The van der Waals surface area contributed by atoms with Crippen molar-refractivity contribution < 1.29 is 81.8 Å². The molecule has 572 valence electrons. The lowest BCUT2D eigenvalue weighted by Crippen LogP contribution is -2.61. The first-order valence-corrected chi connectivity index (χ1v) is 35.6. The number of aromatic nitrogens is 2. The second-order valence-electron chi connectivity index (χ2n) is 24.8. The zero-order valence-corrected chi connectivity index (χ0v) is 61.3. The zero-order valence-electron chi connectivity index (χ0n) is 57.7. The molecule has 16 amide bonds. The molecule has 1 saturated heterocycles. The summed E-state index contributed by atoms with van der Waals surface area (Å²) < 4.78 is 0. The summed E-state index contributed by atoms with van der Waals surface area (Å²) in [4.78, 5) is 226. The number of imidazole rings is 1. The van der Waals surface area contributed by atoms with E-state index < -0.39 is 199 Å². The maximum absolute atomic E-state index is 14.5. The van der Waals surface area contributed by atoms with E-state index in [9.17, 15) is 81.8 Å². The Labute approximate surface area is 617 Å². The molecule has 23 N–H and O–H groups in total. The SMILES string of the molecule is CC(C)C[C@@H]1NC(=O)[C@H](CCCCN)NC(=O)[C@H](Cc2ccc(O)cc2)NC(=O)CNC(=O)[C@H](CS)NC(=O)[C@H](CS)NC(=O)[C@H](C(C)C)NC(=O)CNC(=O)[C@H](CC(N)=O)NC(=O)CNC(=O)[C@H](C)NC(=O)[C@H](CS)NC(=O)[C@H](CCCN)NC(=O)[C@H](Cc2cnc[nH]2)NC(=O)[C@H](CS)NC1=O. The number of H-pyrrole nitrogens is 1. The van der Waals surface area contributed by atoms with Gasteiger partial charge in [0.1, 0.15) is 78.3 Å². The molecule has 0 aliphatic carbocycles. The van der Waals surface area contributed by atoms with E-state index in [0.29, 0.717) is 17.7 Å². The van der Waals surface area contributed by atoms with E-state index in [-0.39, 0.29) is 92.7 Å². The quantitative estimate of drug-likeness (QED) is 0.0432. The molecule has 2 heterocycles. The third kappa shape index (κ3) is 31.7. The number of unbranched alkanes of at least 4 members (excludes halogenated alkanes) is 1. The number of nitrogens with zero attached hydrogens (tertiary/aromatic N) is 1. The van der Waals surface area contributed by atoms with Crippen LogP contribution in [0.25, 0.3) is 0 Å². The number of carbonyl (C=O) groups is 16. The average Bonchev–Trinajstić information content (AvgIpc) is 1.45. The van der Waals surface area contributed by atoms with Gasteiger partial charge in [-0.3, -0.25) is 76.7 Å². The van der Waals surface area contributed by atoms with Crippen LogP contribution < -0.4 is 97.0 Å². The Morgan fingerprint density at radius 1 is 0.466 bits per heavy atom. The first-order chi connectivity index (χ1) is 48.8. The van der Waals surface area contributed by atoms with Crippen molar-refractivity contribution in [3.05, 3.63) is 48.0 Å². The van der Waals surface area contributed by atoms with Gasteiger partial charge in [0.15, 0.2) is 0 Å². The molecule has 41 heteroatoms. The molecule has 0 bridgehead atoms. The summed E-state index contributed by atoms with van der Waals surface area (Å²) >= 11 is 16.9. The van der Waals surface area contributed by atoms with Crippen molar-refractivity contribution in [2.24, 2.45) is 29.0 Å². The summed E-state index contributed by atoms with van der Waals surface area (Å²) in [6.45, 7) is 5.53. The Bertz CT molecular complexity index is 3250. The molecule has 1 aromatic heterocycles. The number of nitrogens with two attached hydrogens (primary N) is 3. The van der Waals surface area contributed by atoms with E-state index in [1.54, 1.807) is 13.8 Å². The molecule has 12 atom stereocenters. The summed E-state index contributed by atoms with van der Waals surface area (Å²) in [6, 6.07) is -12.0. The molecule has 0 spiro atoms. The number of hydrogen-bond acceptors (Lipinski definition) is 24. The van der Waals surface area contributed by atoms with Crippen molar-refractivity contribution in [1.82, 2.24) is 89.7 Å². The third-order valence-corrected chi connectivity index (χ3v) is 17.0. The van der Waals surface area contributed by atoms with Gasteiger partial charge < -0.3 is 107 Å². The number of nitrogens with one attached hydrogen (secondary N) is 16. The fourth-order valence-electron chi connectivity index (χ4n) is 9.84. The van der Waals surface area contributed by atoms with E-state index in [1.807, 2.05) is 0 Å². The van der Waals surface area contributed by atoms with Crippen LogP contribution in [-0.2, 0) is 89.6 Å². The maximum atomic E-state index is 14.5. The highest BCUT2D eigenvalue weighted by Gasteiger charge is 2.37. The largest absolute Gasteiger partial charge is 0.508 e. The normalized spacial score (nSPS) is 25.1. The van der Waals surface area contributed by atoms with E-state index >= 15 is 0 Å². The lowest BCUT2D eigenvalue weighted by molar-refractivity contribution is -0.136. The van der Waals surface area contributed by atoms with Crippen LogP contribution in [0.1, 0.15) is 90.8 Å². The first-order valence-electron chi connectivity index (χ1n) is 33.1. The Morgan fingerprint density at radius 2 is 0.854 bits per heavy atom. The van der Waals surface area contributed by atoms with E-state index in [2.05, 4.69) is 140 Å². The number of carbonyl (C=O) groups excluding carboxylic acids is 16. The van der Waals surface area contributed by atoms with Gasteiger partial charge in [-0.15, -0.1) is 0 Å². The smallest absolute Gasteiger partial charge is 0.244 e. The van der Waals surface area contributed by atoms with Gasteiger partial charge in [-0.25, -0.2) is 4.98 Å². The third-order valence-electron chi connectivity index (χ3n) is 15.5. The molecular weight excluding hydrogens is 1430 g/mol. The van der Waals surface area contributed by atoms with Gasteiger partial charge in [0, 0.05) is 47.7 Å². The summed E-state index contributed by atoms with van der Waals surface area (Å²) in [7, 11) is 0. The Kier molecular flexibility index (Phi) is 39.4. The number of amides is 16. The van der Waals surface area contributed by atoms with Gasteiger partial charge in [-0.05, 0) is 88.1 Å². The highest BCUT2D eigenvalue weighted by molar-refractivity contribution is 7.80. The van der Waals surface area contributed by atoms with Crippen LogP contribution >= 0.6 is 50.5 Å². The molecular formula is C62H98N20O17S4. The highest BCUT2D eigenvalue weighted by Crippen LogP contribution is 2.15. The van der Waals surface area contributed by atoms with Gasteiger partial charge >= 0.3 is 0 Å². The first kappa shape index (κ1) is 88.3. The van der Waals surface area contributed by atoms with Crippen molar-refractivity contribution in [3.63, 3.8) is 0 Å². The fraction of sp³-hybridized carbons (Fsp3) is 0.597. The number of aromatic amines is 1. The maximum Gasteiger partial charge on any atom is 0.244 e. The van der Waals surface area contributed by atoms with Crippen LogP contribution in [0.4, 0.5) is 0 Å². The van der Waals surface area contributed by atoms with Gasteiger partial charge in [-0.2, -0.15) is 50.5 Å². The number of benzene rings is 1. The lowest BCUT2D eigenvalue weighted by atomic mass is 10.0. The van der Waals surface area contributed by atoms with Gasteiger partial charge in [0.25, 0.3) is 0 Å². The number of rotatable bonds is 20. The molecule has 0 saturated carbocycles. The molecule has 1 fully saturated rings. The second-order valence-corrected chi connectivity index (χ2v) is 26.3. The predicted molar refractivity (Wildman–Crippen MR) is 387 cm³/mol. The Morgan fingerprint density at radius 3 is 1.32 bits per heavy atom. The lowest BCUT2D eigenvalue weighted by Gasteiger charge is -2.28. The molecule has 0 radical (unpaired) electrons. The number of hydrogen-bond donors (Lipinski definition) is 24. The number of aromatic hydroxyl groups is 1. The Balaban J connectivity index is 2.09. The van der Waals surface area contributed by atoms with E-state index in [1.165, 1.54) is 57.6 Å². The molecule has 37 nitrogen and oxygen atoms in total. The van der Waals surface area contributed by atoms with Crippen LogP contribution in [0.5, 0.6) is 5.75 Å². The van der Waals surface area contributed by atoms with Gasteiger partial charge in [0.2, 0.25) is 94.5 Å².